The molecule has 0 saturated carbocycles. The summed E-state index contributed by atoms with van der Waals surface area (Å²) in [7, 11) is 8.32. The highest BCUT2D eigenvalue weighted by Crippen LogP contribution is 2.39. The monoisotopic (exact) mass is 528 g/mol. The van der Waals surface area contributed by atoms with E-state index in [1.165, 1.54) is 11.1 Å². The van der Waals surface area contributed by atoms with Crippen LogP contribution in [0.5, 0.6) is 40.2 Å². The Bertz CT molecular complexity index is 1360. The predicted molar refractivity (Wildman–Crippen MR) is 153 cm³/mol. The minimum absolute atomic E-state index is 0.598. The summed E-state index contributed by atoms with van der Waals surface area (Å²) in [6.07, 6.45) is 3.32. The second kappa shape index (κ2) is 13.5. The van der Waals surface area contributed by atoms with Gasteiger partial charge >= 0.3 is 0 Å². The molecule has 6 nitrogen and oxygen atoms in total. The lowest BCUT2D eigenvalue weighted by atomic mass is 10.0. The van der Waals surface area contributed by atoms with Crippen molar-refractivity contribution in [2.75, 3.05) is 35.5 Å². The van der Waals surface area contributed by atoms with Crippen molar-refractivity contribution in [3.8, 4) is 40.2 Å². The molecular formula is C33H36O6. The second-order valence-electron chi connectivity index (χ2n) is 9.13. The van der Waals surface area contributed by atoms with Crippen LogP contribution in [0.4, 0.5) is 0 Å². The normalized spacial score (nSPS) is 10.6. The van der Waals surface area contributed by atoms with Crippen molar-refractivity contribution in [1.82, 2.24) is 0 Å². The summed E-state index contributed by atoms with van der Waals surface area (Å²) in [6.45, 7) is 0. The molecule has 0 heterocycles. The first-order valence-corrected chi connectivity index (χ1v) is 12.9. The highest BCUT2D eigenvalue weighted by Gasteiger charge is 2.15. The van der Waals surface area contributed by atoms with Crippen molar-refractivity contribution in [2.45, 2.75) is 25.7 Å². The molecule has 4 aromatic rings. The number of benzene rings is 4. The molecule has 0 unspecified atom stereocenters. The van der Waals surface area contributed by atoms with E-state index in [1.54, 1.807) is 35.5 Å². The van der Waals surface area contributed by atoms with Crippen molar-refractivity contribution in [1.29, 1.82) is 0 Å². The smallest absolute Gasteiger partial charge is 0.169 e. The maximum Gasteiger partial charge on any atom is 0.169 e. The molecule has 0 N–H and O–H groups in total. The van der Waals surface area contributed by atoms with Gasteiger partial charge in [-0.15, -0.1) is 0 Å². The van der Waals surface area contributed by atoms with Crippen LogP contribution in [0.25, 0.3) is 0 Å². The summed E-state index contributed by atoms with van der Waals surface area (Å²) in [4.78, 5) is 0. The van der Waals surface area contributed by atoms with E-state index in [0.717, 1.165) is 59.8 Å². The first-order chi connectivity index (χ1) is 19.0. The number of rotatable bonds is 13. The fourth-order valence-electron chi connectivity index (χ4n) is 4.47. The van der Waals surface area contributed by atoms with E-state index in [4.69, 9.17) is 28.4 Å². The molecule has 4 aromatic carbocycles. The molecule has 0 aromatic heterocycles. The largest absolute Gasteiger partial charge is 0.497 e. The molecule has 6 heteroatoms. The van der Waals surface area contributed by atoms with E-state index in [9.17, 15) is 0 Å². The minimum Gasteiger partial charge on any atom is -0.497 e. The molecule has 0 atom stereocenters. The Balaban J connectivity index is 1.55. The Morgan fingerprint density at radius 3 is 1.74 bits per heavy atom. The summed E-state index contributed by atoms with van der Waals surface area (Å²) in [5.41, 5.74) is 4.56. The summed E-state index contributed by atoms with van der Waals surface area (Å²) in [5, 5.41) is 0. The third-order valence-electron chi connectivity index (χ3n) is 6.65. The van der Waals surface area contributed by atoms with Crippen molar-refractivity contribution >= 4 is 0 Å². The van der Waals surface area contributed by atoms with E-state index in [2.05, 4.69) is 24.3 Å². The van der Waals surface area contributed by atoms with Crippen LogP contribution in [-0.2, 0) is 25.7 Å². The molecule has 39 heavy (non-hydrogen) atoms. The van der Waals surface area contributed by atoms with Crippen LogP contribution in [0.15, 0.2) is 78.9 Å². The van der Waals surface area contributed by atoms with E-state index in [-0.39, 0.29) is 0 Å². The molecule has 0 aliphatic rings. The van der Waals surface area contributed by atoms with Crippen molar-refractivity contribution in [2.24, 2.45) is 0 Å². The number of methoxy groups -OCH3 is 5. The molecule has 0 aliphatic heterocycles. The maximum absolute atomic E-state index is 6.40. The lowest BCUT2D eigenvalue weighted by molar-refractivity contribution is 0.365. The summed E-state index contributed by atoms with van der Waals surface area (Å²) in [6, 6.07) is 26.1. The highest BCUT2D eigenvalue weighted by atomic mass is 16.5. The van der Waals surface area contributed by atoms with Gasteiger partial charge in [0.1, 0.15) is 28.7 Å². The zero-order chi connectivity index (χ0) is 27.6. The van der Waals surface area contributed by atoms with E-state index < -0.39 is 0 Å². The first kappa shape index (κ1) is 27.7. The average Bonchev–Trinajstić information content (AvgIpc) is 2.99. The predicted octanol–water partition coefficient (Wildman–Crippen LogP) is 7.09. The van der Waals surface area contributed by atoms with E-state index in [1.807, 2.05) is 54.6 Å². The molecule has 4 rings (SSSR count). The lowest BCUT2D eigenvalue weighted by Crippen LogP contribution is -2.00. The van der Waals surface area contributed by atoms with Crippen LogP contribution >= 0.6 is 0 Å². The van der Waals surface area contributed by atoms with Gasteiger partial charge in [-0.3, -0.25) is 0 Å². The number of aryl methyl sites for hydroxylation is 4. The van der Waals surface area contributed by atoms with Gasteiger partial charge in [0.05, 0.1) is 35.5 Å². The summed E-state index contributed by atoms with van der Waals surface area (Å²) in [5.74, 6) is 5.10. The van der Waals surface area contributed by atoms with Crippen molar-refractivity contribution < 1.29 is 28.4 Å². The van der Waals surface area contributed by atoms with Gasteiger partial charge in [-0.1, -0.05) is 24.3 Å². The minimum atomic E-state index is 0.598. The van der Waals surface area contributed by atoms with Gasteiger partial charge in [0.15, 0.2) is 11.5 Å². The van der Waals surface area contributed by atoms with E-state index in [0.29, 0.717) is 17.2 Å². The Morgan fingerprint density at radius 2 is 1.05 bits per heavy atom. The molecule has 204 valence electrons. The van der Waals surface area contributed by atoms with Crippen LogP contribution in [0.2, 0.25) is 0 Å². The third kappa shape index (κ3) is 7.38. The summed E-state index contributed by atoms with van der Waals surface area (Å²) < 4.78 is 34.0. The van der Waals surface area contributed by atoms with Crippen molar-refractivity contribution in [3.05, 3.63) is 101 Å². The lowest BCUT2D eigenvalue weighted by Gasteiger charge is -2.17. The zero-order valence-corrected chi connectivity index (χ0v) is 23.3. The molecule has 0 fully saturated rings. The number of hydrogen-bond donors (Lipinski definition) is 0. The number of hydrogen-bond acceptors (Lipinski definition) is 6. The van der Waals surface area contributed by atoms with Crippen LogP contribution < -0.4 is 28.4 Å². The first-order valence-electron chi connectivity index (χ1n) is 12.9. The Labute approximate surface area is 231 Å². The Kier molecular flexibility index (Phi) is 9.57. The van der Waals surface area contributed by atoms with Gasteiger partial charge < -0.3 is 28.4 Å². The number of ether oxygens (including phenoxy) is 6. The van der Waals surface area contributed by atoms with Gasteiger partial charge in [-0.2, -0.15) is 0 Å². The molecular weight excluding hydrogens is 492 g/mol. The molecule has 0 saturated heterocycles. The van der Waals surface area contributed by atoms with Crippen LogP contribution in [0, 0.1) is 0 Å². The average molecular weight is 529 g/mol. The fourth-order valence-corrected chi connectivity index (χ4v) is 4.47. The summed E-state index contributed by atoms with van der Waals surface area (Å²) >= 11 is 0. The van der Waals surface area contributed by atoms with Crippen LogP contribution in [0.3, 0.4) is 0 Å². The zero-order valence-electron chi connectivity index (χ0n) is 23.3. The Morgan fingerprint density at radius 1 is 0.410 bits per heavy atom. The van der Waals surface area contributed by atoms with Gasteiger partial charge in [0.2, 0.25) is 0 Å². The van der Waals surface area contributed by atoms with Crippen molar-refractivity contribution in [3.63, 3.8) is 0 Å². The topological polar surface area (TPSA) is 55.4 Å². The highest BCUT2D eigenvalue weighted by molar-refractivity contribution is 5.53. The fraction of sp³-hybridized carbons (Fsp3) is 0.273. The second-order valence-corrected chi connectivity index (χ2v) is 9.13. The van der Waals surface area contributed by atoms with Gasteiger partial charge in [0, 0.05) is 12.1 Å². The SMILES string of the molecule is COc1ccc(CCc2cc(Oc3cc(CCc4cccc(OC)c4)cc(OC)c3)c(OC)cc2OC)cc1. The van der Waals surface area contributed by atoms with Gasteiger partial charge in [0.25, 0.3) is 0 Å². The Hall–Kier alpha value is -4.32. The molecule has 0 bridgehead atoms. The molecule has 0 radical (unpaired) electrons. The maximum atomic E-state index is 6.40. The quantitative estimate of drug-likeness (QED) is 0.185. The molecule has 0 amide bonds. The van der Waals surface area contributed by atoms with Crippen LogP contribution in [-0.4, -0.2) is 35.5 Å². The van der Waals surface area contributed by atoms with E-state index >= 15 is 0 Å². The third-order valence-corrected chi connectivity index (χ3v) is 6.65. The van der Waals surface area contributed by atoms with Gasteiger partial charge in [-0.05, 0) is 90.4 Å². The molecule has 0 spiro atoms. The standard InChI is InChI=1S/C33H36O6/c1-34-27-15-12-23(13-16-27)11-14-26-20-33(32(38-5)22-31(26)37-4)39-30-19-25(18-29(21-30)36-3)10-9-24-7-6-8-28(17-24)35-2/h6-8,12-13,15-22H,9-11,14H2,1-5H3. The molecule has 0 aliphatic carbocycles. The van der Waals surface area contributed by atoms with Gasteiger partial charge in [-0.25, -0.2) is 0 Å². The van der Waals surface area contributed by atoms with Crippen LogP contribution in [0.1, 0.15) is 22.3 Å².